The van der Waals surface area contributed by atoms with Gasteiger partial charge in [-0.3, -0.25) is 4.72 Å². The van der Waals surface area contributed by atoms with Crippen LogP contribution in [0.2, 0.25) is 0 Å². The highest BCUT2D eigenvalue weighted by molar-refractivity contribution is 7.92. The van der Waals surface area contributed by atoms with E-state index in [0.717, 1.165) is 37.2 Å². The van der Waals surface area contributed by atoms with E-state index >= 15 is 0 Å². The van der Waals surface area contributed by atoms with Gasteiger partial charge in [-0.05, 0) is 70.2 Å². The van der Waals surface area contributed by atoms with E-state index in [1.54, 1.807) is 30.3 Å². The third kappa shape index (κ3) is 4.74. The summed E-state index contributed by atoms with van der Waals surface area (Å²) < 4.78 is 27.7. The first kappa shape index (κ1) is 17.8. The molecule has 1 aliphatic heterocycles. The summed E-state index contributed by atoms with van der Waals surface area (Å²) >= 11 is 0. The van der Waals surface area contributed by atoms with Crippen molar-refractivity contribution in [1.29, 1.82) is 0 Å². The van der Waals surface area contributed by atoms with Gasteiger partial charge in [-0.15, -0.1) is 0 Å². The molecular weight excluding hydrogens is 334 g/mol. The summed E-state index contributed by atoms with van der Waals surface area (Å²) in [6.45, 7) is 4.09. The zero-order valence-corrected chi connectivity index (χ0v) is 15.5. The first-order valence-corrected chi connectivity index (χ1v) is 10.1. The van der Waals surface area contributed by atoms with Crippen LogP contribution in [0.5, 0.6) is 0 Å². The Morgan fingerprint density at radius 1 is 1.00 bits per heavy atom. The van der Waals surface area contributed by atoms with Gasteiger partial charge in [0.2, 0.25) is 0 Å². The molecule has 2 aromatic rings. The number of hydrogen-bond acceptors (Lipinski definition) is 4. The minimum atomic E-state index is -3.57. The van der Waals surface area contributed by atoms with Crippen LogP contribution in [0, 0.1) is 6.92 Å². The van der Waals surface area contributed by atoms with E-state index in [2.05, 4.69) is 22.0 Å². The Bertz CT molecular complexity index is 811. The number of hydrogen-bond donors (Lipinski definition) is 2. The summed E-state index contributed by atoms with van der Waals surface area (Å²) in [6.07, 6.45) is 2.19. The van der Waals surface area contributed by atoms with Gasteiger partial charge in [0.05, 0.1) is 10.6 Å². The molecular formula is C19H25N3O2S. The molecule has 3 rings (SSSR count). The second-order valence-corrected chi connectivity index (χ2v) is 8.40. The van der Waals surface area contributed by atoms with E-state index in [9.17, 15) is 8.42 Å². The van der Waals surface area contributed by atoms with Crippen LogP contribution in [0.3, 0.4) is 0 Å². The second kappa shape index (κ2) is 7.45. The molecule has 0 spiro atoms. The van der Waals surface area contributed by atoms with Crippen LogP contribution in [0.15, 0.2) is 53.4 Å². The van der Waals surface area contributed by atoms with Crippen LogP contribution < -0.4 is 10.0 Å². The van der Waals surface area contributed by atoms with Crippen LogP contribution in [0.1, 0.15) is 18.4 Å². The Balaban J connectivity index is 1.70. The quantitative estimate of drug-likeness (QED) is 0.860. The predicted octanol–water partition coefficient (Wildman–Crippen LogP) is 3.30. The SMILES string of the molecule is Cc1ccc(S(=O)(=O)Nc2cccc(NC3CCN(C)CC3)c2)cc1. The van der Waals surface area contributed by atoms with Crippen LogP contribution in [-0.2, 0) is 10.0 Å². The second-order valence-electron chi connectivity index (χ2n) is 6.72. The molecule has 1 heterocycles. The molecule has 0 unspecified atom stereocenters. The van der Waals surface area contributed by atoms with Crippen molar-refractivity contribution in [2.75, 3.05) is 30.2 Å². The Labute approximate surface area is 150 Å². The van der Waals surface area contributed by atoms with Crippen molar-refractivity contribution in [3.63, 3.8) is 0 Å². The maximum absolute atomic E-state index is 12.5. The van der Waals surface area contributed by atoms with E-state index in [-0.39, 0.29) is 4.90 Å². The molecule has 134 valence electrons. The number of likely N-dealkylation sites (tertiary alicyclic amines) is 1. The first-order valence-electron chi connectivity index (χ1n) is 8.57. The van der Waals surface area contributed by atoms with Crippen molar-refractivity contribution >= 4 is 21.4 Å². The number of aryl methyl sites for hydroxylation is 1. The summed E-state index contributed by atoms with van der Waals surface area (Å²) in [7, 11) is -1.44. The van der Waals surface area contributed by atoms with Gasteiger partial charge >= 0.3 is 0 Å². The average Bonchev–Trinajstić information content (AvgIpc) is 2.57. The van der Waals surface area contributed by atoms with E-state index < -0.39 is 10.0 Å². The lowest BCUT2D eigenvalue weighted by molar-refractivity contribution is 0.264. The fraction of sp³-hybridized carbons (Fsp3) is 0.368. The number of benzene rings is 2. The predicted molar refractivity (Wildman–Crippen MR) is 103 cm³/mol. The number of nitrogens with one attached hydrogen (secondary N) is 2. The van der Waals surface area contributed by atoms with Gasteiger partial charge in [0.1, 0.15) is 0 Å². The van der Waals surface area contributed by atoms with Crippen LogP contribution in [0.4, 0.5) is 11.4 Å². The van der Waals surface area contributed by atoms with Gasteiger partial charge in [-0.2, -0.15) is 0 Å². The number of nitrogens with zero attached hydrogens (tertiary/aromatic N) is 1. The molecule has 2 aromatic carbocycles. The fourth-order valence-corrected chi connectivity index (χ4v) is 4.04. The minimum absolute atomic E-state index is 0.270. The number of sulfonamides is 1. The number of rotatable bonds is 5. The highest BCUT2D eigenvalue weighted by atomic mass is 32.2. The average molecular weight is 359 g/mol. The molecule has 0 saturated carbocycles. The summed E-state index contributed by atoms with van der Waals surface area (Å²) in [6, 6.07) is 14.7. The topological polar surface area (TPSA) is 61.4 Å². The molecule has 6 heteroatoms. The molecule has 1 fully saturated rings. The lowest BCUT2D eigenvalue weighted by Gasteiger charge is -2.30. The Kier molecular flexibility index (Phi) is 5.30. The Morgan fingerprint density at radius 2 is 1.64 bits per heavy atom. The molecule has 2 N–H and O–H groups in total. The molecule has 0 amide bonds. The third-order valence-corrected chi connectivity index (χ3v) is 5.93. The lowest BCUT2D eigenvalue weighted by Crippen LogP contribution is -2.36. The molecule has 0 bridgehead atoms. The lowest BCUT2D eigenvalue weighted by atomic mass is 10.1. The Hall–Kier alpha value is -2.05. The summed E-state index contributed by atoms with van der Waals surface area (Å²) in [5.74, 6) is 0. The zero-order valence-electron chi connectivity index (χ0n) is 14.7. The van der Waals surface area contributed by atoms with Crippen molar-refractivity contribution in [2.24, 2.45) is 0 Å². The zero-order chi connectivity index (χ0) is 17.9. The van der Waals surface area contributed by atoms with E-state index in [1.165, 1.54) is 0 Å². The van der Waals surface area contributed by atoms with Gasteiger partial charge in [-0.25, -0.2) is 8.42 Å². The highest BCUT2D eigenvalue weighted by Crippen LogP contribution is 2.22. The monoisotopic (exact) mass is 359 g/mol. The van der Waals surface area contributed by atoms with Gasteiger partial charge in [-0.1, -0.05) is 23.8 Å². The smallest absolute Gasteiger partial charge is 0.261 e. The largest absolute Gasteiger partial charge is 0.382 e. The molecule has 0 aromatic heterocycles. The Morgan fingerprint density at radius 3 is 2.32 bits per heavy atom. The van der Waals surface area contributed by atoms with Gasteiger partial charge in [0.15, 0.2) is 0 Å². The third-order valence-electron chi connectivity index (χ3n) is 4.54. The molecule has 0 radical (unpaired) electrons. The van der Waals surface area contributed by atoms with Crippen molar-refractivity contribution in [1.82, 2.24) is 4.90 Å². The standard InChI is InChI=1S/C19H25N3O2S/c1-15-6-8-19(9-7-15)25(23,24)21-18-5-3-4-17(14-18)20-16-10-12-22(2)13-11-16/h3-9,14,16,20-21H,10-13H2,1-2H3. The molecule has 5 nitrogen and oxygen atoms in total. The van der Waals surface area contributed by atoms with E-state index in [1.807, 2.05) is 25.1 Å². The van der Waals surface area contributed by atoms with Crippen LogP contribution in [0.25, 0.3) is 0 Å². The number of piperidine rings is 1. The van der Waals surface area contributed by atoms with Gasteiger partial charge in [0, 0.05) is 11.7 Å². The van der Waals surface area contributed by atoms with Crippen LogP contribution >= 0.6 is 0 Å². The molecule has 0 aliphatic carbocycles. The van der Waals surface area contributed by atoms with Crippen molar-refractivity contribution < 1.29 is 8.42 Å². The summed E-state index contributed by atoms with van der Waals surface area (Å²) in [5.41, 5.74) is 2.54. The van der Waals surface area contributed by atoms with Crippen molar-refractivity contribution in [2.45, 2.75) is 30.7 Å². The molecule has 1 saturated heterocycles. The van der Waals surface area contributed by atoms with Crippen LogP contribution in [-0.4, -0.2) is 39.5 Å². The van der Waals surface area contributed by atoms with Gasteiger partial charge < -0.3 is 10.2 Å². The normalized spacial score (nSPS) is 16.6. The van der Waals surface area contributed by atoms with Crippen molar-refractivity contribution in [3.05, 3.63) is 54.1 Å². The van der Waals surface area contributed by atoms with Gasteiger partial charge in [0.25, 0.3) is 10.0 Å². The molecule has 25 heavy (non-hydrogen) atoms. The maximum atomic E-state index is 12.5. The van der Waals surface area contributed by atoms with Crippen molar-refractivity contribution in [3.8, 4) is 0 Å². The highest BCUT2D eigenvalue weighted by Gasteiger charge is 2.17. The number of anilines is 2. The van der Waals surface area contributed by atoms with E-state index in [4.69, 9.17) is 0 Å². The molecule has 1 aliphatic rings. The summed E-state index contributed by atoms with van der Waals surface area (Å²) in [5, 5.41) is 3.51. The minimum Gasteiger partial charge on any atom is -0.382 e. The maximum Gasteiger partial charge on any atom is 0.261 e. The fourth-order valence-electron chi connectivity index (χ4n) is 2.99. The van der Waals surface area contributed by atoms with E-state index in [0.29, 0.717) is 11.7 Å². The summed E-state index contributed by atoms with van der Waals surface area (Å²) in [4.78, 5) is 2.59. The molecule has 0 atom stereocenters. The first-order chi connectivity index (χ1) is 11.9.